The lowest BCUT2D eigenvalue weighted by atomic mass is 10.3. The molecule has 0 radical (unpaired) electrons. The normalized spacial score (nSPS) is 13.1. The van der Waals surface area contributed by atoms with Crippen LogP contribution in [0.3, 0.4) is 0 Å². The van der Waals surface area contributed by atoms with Gasteiger partial charge in [0.05, 0.1) is 5.69 Å². The average Bonchev–Trinajstić information content (AvgIpc) is 2.16. The van der Waals surface area contributed by atoms with E-state index in [1.165, 1.54) is 6.07 Å². The van der Waals surface area contributed by atoms with Crippen molar-refractivity contribution in [3.8, 4) is 0 Å². The highest BCUT2D eigenvalue weighted by Crippen LogP contribution is 1.91. The van der Waals surface area contributed by atoms with Crippen LogP contribution < -0.4 is 10.9 Å². The van der Waals surface area contributed by atoms with Gasteiger partial charge in [-0.2, -0.15) is 5.10 Å². The molecule has 1 rings (SSSR count). The Labute approximate surface area is 89.5 Å². The predicted molar refractivity (Wildman–Crippen MR) is 59.7 cm³/mol. The van der Waals surface area contributed by atoms with Crippen LogP contribution in [0.5, 0.6) is 0 Å². The molecule has 0 amide bonds. The number of nitrogens with one attached hydrogen (secondary N) is 2. The fourth-order valence-electron chi connectivity index (χ4n) is 1.36. The van der Waals surface area contributed by atoms with Crippen LogP contribution in [-0.4, -0.2) is 41.8 Å². The third-order valence-electron chi connectivity index (χ3n) is 2.01. The van der Waals surface area contributed by atoms with E-state index in [9.17, 15) is 4.79 Å². The maximum absolute atomic E-state index is 10.8. The van der Waals surface area contributed by atoms with Crippen molar-refractivity contribution >= 4 is 0 Å². The highest BCUT2D eigenvalue weighted by Gasteiger charge is 2.03. The fourth-order valence-corrected chi connectivity index (χ4v) is 1.36. The topological polar surface area (TPSA) is 61.0 Å². The summed E-state index contributed by atoms with van der Waals surface area (Å²) < 4.78 is 0. The maximum atomic E-state index is 10.8. The molecule has 0 bridgehead atoms. The first-order valence-electron chi connectivity index (χ1n) is 5.00. The molecule has 5 heteroatoms. The summed E-state index contributed by atoms with van der Waals surface area (Å²) in [6.07, 6.45) is 0. The van der Waals surface area contributed by atoms with Gasteiger partial charge in [-0.25, -0.2) is 5.10 Å². The second kappa shape index (κ2) is 5.63. The van der Waals surface area contributed by atoms with Gasteiger partial charge in [-0.1, -0.05) is 0 Å². The summed E-state index contributed by atoms with van der Waals surface area (Å²) in [6, 6.07) is 3.61. The molecule has 1 heterocycles. The molecular formula is C10H18N4O. The Bertz CT molecular complexity index is 327. The summed E-state index contributed by atoms with van der Waals surface area (Å²) in [5.74, 6) is 0. The first-order chi connectivity index (χ1) is 7.08. The van der Waals surface area contributed by atoms with Crippen LogP contribution in [0, 0.1) is 0 Å². The summed E-state index contributed by atoms with van der Waals surface area (Å²) in [5, 5.41) is 9.65. The summed E-state index contributed by atoms with van der Waals surface area (Å²) in [6.45, 7) is 3.76. The molecule has 0 fully saturated rings. The van der Waals surface area contributed by atoms with Crippen molar-refractivity contribution in [1.82, 2.24) is 20.4 Å². The minimum atomic E-state index is -0.167. The van der Waals surface area contributed by atoms with E-state index in [0.717, 1.165) is 12.2 Å². The summed E-state index contributed by atoms with van der Waals surface area (Å²) in [5.41, 5.74) is 0.681. The van der Waals surface area contributed by atoms with Crippen LogP contribution >= 0.6 is 0 Å². The average molecular weight is 210 g/mol. The molecule has 0 saturated carbocycles. The molecule has 1 atom stereocenters. The van der Waals surface area contributed by atoms with Gasteiger partial charge in [-0.05, 0) is 27.1 Å². The third-order valence-corrected chi connectivity index (χ3v) is 2.01. The Balaban J connectivity index is 2.36. The van der Waals surface area contributed by atoms with Crippen LogP contribution in [0.15, 0.2) is 16.9 Å². The van der Waals surface area contributed by atoms with Crippen molar-refractivity contribution in [2.45, 2.75) is 19.5 Å². The summed E-state index contributed by atoms with van der Waals surface area (Å²) >= 11 is 0. The molecule has 1 aromatic heterocycles. The van der Waals surface area contributed by atoms with Crippen molar-refractivity contribution in [1.29, 1.82) is 0 Å². The van der Waals surface area contributed by atoms with E-state index in [0.29, 0.717) is 12.6 Å². The maximum Gasteiger partial charge on any atom is 0.264 e. The van der Waals surface area contributed by atoms with E-state index in [2.05, 4.69) is 27.3 Å². The monoisotopic (exact) mass is 210 g/mol. The summed E-state index contributed by atoms with van der Waals surface area (Å²) in [4.78, 5) is 12.9. The standard InChI is InChI=1S/C10H18N4O/c1-8(7-14(2)3)11-6-9-4-5-10(15)13-12-9/h4-5,8,11H,6-7H2,1-3H3,(H,13,15). The molecule has 5 nitrogen and oxygen atoms in total. The lowest BCUT2D eigenvalue weighted by Gasteiger charge is -2.17. The van der Waals surface area contributed by atoms with Crippen molar-refractivity contribution in [2.75, 3.05) is 20.6 Å². The number of rotatable bonds is 5. The zero-order valence-electron chi connectivity index (χ0n) is 9.45. The highest BCUT2D eigenvalue weighted by molar-refractivity contribution is 4.98. The molecule has 0 aliphatic carbocycles. The molecule has 0 aromatic carbocycles. The molecule has 0 spiro atoms. The molecule has 2 N–H and O–H groups in total. The van der Waals surface area contributed by atoms with Gasteiger partial charge in [-0.3, -0.25) is 4.79 Å². The van der Waals surface area contributed by atoms with Gasteiger partial charge >= 0.3 is 0 Å². The molecule has 0 aliphatic heterocycles. The second-order valence-electron chi connectivity index (χ2n) is 3.96. The van der Waals surface area contributed by atoms with Gasteiger partial charge in [0, 0.05) is 25.2 Å². The lowest BCUT2D eigenvalue weighted by molar-refractivity contribution is 0.348. The molecule has 0 aliphatic rings. The molecule has 84 valence electrons. The van der Waals surface area contributed by atoms with Crippen LogP contribution in [-0.2, 0) is 6.54 Å². The zero-order valence-corrected chi connectivity index (χ0v) is 9.45. The van der Waals surface area contributed by atoms with Gasteiger partial charge in [-0.15, -0.1) is 0 Å². The van der Waals surface area contributed by atoms with E-state index in [1.807, 2.05) is 14.1 Å². The van der Waals surface area contributed by atoms with E-state index in [1.54, 1.807) is 6.07 Å². The number of aromatic amines is 1. The minimum Gasteiger partial charge on any atom is -0.308 e. The largest absolute Gasteiger partial charge is 0.308 e. The molecular weight excluding hydrogens is 192 g/mol. The Morgan fingerprint density at radius 1 is 1.53 bits per heavy atom. The van der Waals surface area contributed by atoms with Crippen molar-refractivity contribution in [2.24, 2.45) is 0 Å². The number of nitrogens with zero attached hydrogens (tertiary/aromatic N) is 2. The van der Waals surface area contributed by atoms with Gasteiger partial charge in [0.25, 0.3) is 5.56 Å². The lowest BCUT2D eigenvalue weighted by Crippen LogP contribution is -2.35. The van der Waals surface area contributed by atoms with E-state index in [4.69, 9.17) is 0 Å². The minimum absolute atomic E-state index is 0.167. The van der Waals surface area contributed by atoms with Crippen LogP contribution in [0.2, 0.25) is 0 Å². The Kier molecular flexibility index (Phi) is 4.45. The Hall–Kier alpha value is -1.20. The first kappa shape index (κ1) is 11.9. The SMILES string of the molecule is CC(CN(C)C)NCc1ccc(=O)[nH]n1. The van der Waals surface area contributed by atoms with Gasteiger partial charge in [0.1, 0.15) is 0 Å². The number of H-pyrrole nitrogens is 1. The Morgan fingerprint density at radius 3 is 2.80 bits per heavy atom. The van der Waals surface area contributed by atoms with E-state index < -0.39 is 0 Å². The van der Waals surface area contributed by atoms with Crippen LogP contribution in [0.1, 0.15) is 12.6 Å². The van der Waals surface area contributed by atoms with Gasteiger partial charge in [0.15, 0.2) is 0 Å². The number of aromatic nitrogens is 2. The predicted octanol–water partition coefficient (Wildman–Crippen LogP) is -0.190. The molecule has 0 saturated heterocycles. The summed E-state index contributed by atoms with van der Waals surface area (Å²) in [7, 11) is 4.08. The van der Waals surface area contributed by atoms with E-state index >= 15 is 0 Å². The quantitative estimate of drug-likeness (QED) is 0.707. The fraction of sp³-hybridized carbons (Fsp3) is 0.600. The van der Waals surface area contributed by atoms with Crippen LogP contribution in [0.4, 0.5) is 0 Å². The first-order valence-corrected chi connectivity index (χ1v) is 5.00. The van der Waals surface area contributed by atoms with Crippen LogP contribution in [0.25, 0.3) is 0 Å². The number of hydrogen-bond acceptors (Lipinski definition) is 4. The van der Waals surface area contributed by atoms with Crippen molar-refractivity contribution in [3.05, 3.63) is 28.2 Å². The van der Waals surface area contributed by atoms with Crippen molar-refractivity contribution in [3.63, 3.8) is 0 Å². The van der Waals surface area contributed by atoms with E-state index in [-0.39, 0.29) is 5.56 Å². The van der Waals surface area contributed by atoms with Gasteiger partial charge < -0.3 is 10.2 Å². The van der Waals surface area contributed by atoms with Gasteiger partial charge in [0.2, 0.25) is 0 Å². The van der Waals surface area contributed by atoms with Crippen molar-refractivity contribution < 1.29 is 0 Å². The number of likely N-dealkylation sites (N-methyl/N-ethyl adjacent to an activating group) is 1. The smallest absolute Gasteiger partial charge is 0.264 e. The second-order valence-corrected chi connectivity index (χ2v) is 3.96. The molecule has 15 heavy (non-hydrogen) atoms. The highest BCUT2D eigenvalue weighted by atomic mass is 16.1. The third kappa shape index (κ3) is 4.71. The molecule has 1 unspecified atom stereocenters. The zero-order chi connectivity index (χ0) is 11.3. The number of hydrogen-bond donors (Lipinski definition) is 2. The Morgan fingerprint density at radius 2 is 2.27 bits per heavy atom. The molecule has 1 aromatic rings.